The van der Waals surface area contributed by atoms with Crippen LogP contribution in [0.5, 0.6) is 0 Å². The summed E-state index contributed by atoms with van der Waals surface area (Å²) in [6.45, 7) is 5.28. The third-order valence-electron chi connectivity index (χ3n) is 7.62. The molecule has 3 aromatic rings. The van der Waals surface area contributed by atoms with Crippen molar-refractivity contribution < 1.29 is 18.4 Å². The highest BCUT2D eigenvalue weighted by molar-refractivity contribution is 6.09. The molecule has 3 heterocycles. The first-order valence-electron chi connectivity index (χ1n) is 13.6. The molecule has 5 rings (SSSR count). The number of hydrogen-bond donors (Lipinski definition) is 2. The minimum atomic E-state index is -0.390. The van der Waals surface area contributed by atoms with Gasteiger partial charge in [0.05, 0.1) is 33.9 Å². The van der Waals surface area contributed by atoms with Crippen molar-refractivity contribution in [3.8, 4) is 0 Å². The first-order chi connectivity index (χ1) is 19.3. The zero-order valence-electron chi connectivity index (χ0n) is 23.2. The van der Waals surface area contributed by atoms with E-state index in [2.05, 4.69) is 20.6 Å². The fourth-order valence-corrected chi connectivity index (χ4v) is 5.17. The maximum Gasteiger partial charge on any atom is 0.255 e. The molecule has 0 aliphatic heterocycles. The predicted molar refractivity (Wildman–Crippen MR) is 154 cm³/mol. The van der Waals surface area contributed by atoms with Gasteiger partial charge in [-0.15, -0.1) is 0 Å². The van der Waals surface area contributed by atoms with Gasteiger partial charge in [-0.25, -0.2) is 9.37 Å². The first kappa shape index (κ1) is 27.2. The van der Waals surface area contributed by atoms with E-state index in [4.69, 9.17) is 4.42 Å². The predicted octanol–water partition coefficient (Wildman–Crippen LogP) is 6.40. The van der Waals surface area contributed by atoms with Crippen molar-refractivity contribution in [1.29, 1.82) is 0 Å². The summed E-state index contributed by atoms with van der Waals surface area (Å²) < 4.78 is 19.5. The summed E-state index contributed by atoms with van der Waals surface area (Å²) in [5, 5.41) is 6.50. The lowest BCUT2D eigenvalue weighted by Crippen LogP contribution is -2.39. The van der Waals surface area contributed by atoms with E-state index >= 15 is 0 Å². The van der Waals surface area contributed by atoms with Crippen LogP contribution in [-0.4, -0.2) is 28.8 Å². The number of rotatable bonds is 8. The van der Waals surface area contributed by atoms with Gasteiger partial charge < -0.3 is 15.1 Å². The van der Waals surface area contributed by atoms with Crippen molar-refractivity contribution in [2.45, 2.75) is 52.0 Å². The fraction of sp³-hybridized carbons (Fsp3) is 0.312. The van der Waals surface area contributed by atoms with Crippen molar-refractivity contribution in [1.82, 2.24) is 20.6 Å². The number of hydrogen-bond acceptors (Lipinski definition) is 5. The minimum absolute atomic E-state index is 0.0379. The number of halogens is 1. The van der Waals surface area contributed by atoms with Crippen molar-refractivity contribution in [3.05, 3.63) is 94.9 Å². The summed E-state index contributed by atoms with van der Waals surface area (Å²) in [4.78, 5) is 35.4. The van der Waals surface area contributed by atoms with Crippen molar-refractivity contribution >= 4 is 34.1 Å². The van der Waals surface area contributed by atoms with Crippen LogP contribution in [0, 0.1) is 5.92 Å². The molecule has 2 aliphatic carbocycles. The summed E-state index contributed by atoms with van der Waals surface area (Å²) in [6, 6.07) is 7.66. The van der Waals surface area contributed by atoms with Crippen LogP contribution in [0.1, 0.15) is 73.8 Å². The van der Waals surface area contributed by atoms with Gasteiger partial charge in [0.1, 0.15) is 5.76 Å². The third-order valence-corrected chi connectivity index (χ3v) is 7.62. The van der Waals surface area contributed by atoms with E-state index in [1.54, 1.807) is 25.5 Å². The molecule has 0 bridgehead atoms. The normalized spacial score (nSPS) is 18.7. The van der Waals surface area contributed by atoms with E-state index in [1.807, 2.05) is 50.3 Å². The van der Waals surface area contributed by atoms with E-state index in [1.165, 1.54) is 13.0 Å². The molecule has 1 saturated carbocycles. The summed E-state index contributed by atoms with van der Waals surface area (Å²) in [6.07, 6.45) is 13.1. The lowest BCUT2D eigenvalue weighted by Gasteiger charge is -2.24. The Bertz CT molecular complexity index is 1590. The average Bonchev–Trinajstić information content (AvgIpc) is 3.65. The second-order valence-electron chi connectivity index (χ2n) is 10.4. The highest BCUT2D eigenvalue weighted by atomic mass is 19.1. The van der Waals surface area contributed by atoms with Gasteiger partial charge in [-0.05, 0) is 86.1 Å². The van der Waals surface area contributed by atoms with Gasteiger partial charge in [0.25, 0.3) is 5.91 Å². The smallest absolute Gasteiger partial charge is 0.255 e. The Kier molecular flexibility index (Phi) is 7.52. The van der Waals surface area contributed by atoms with Crippen LogP contribution in [0.15, 0.2) is 76.8 Å². The molecule has 2 aliphatic rings. The number of pyridine rings is 2. The highest BCUT2D eigenvalue weighted by Crippen LogP contribution is 2.45. The Morgan fingerprint density at radius 2 is 2.02 bits per heavy atom. The van der Waals surface area contributed by atoms with Crippen LogP contribution in [0.25, 0.3) is 22.2 Å². The topological polar surface area (TPSA) is 97.1 Å². The van der Waals surface area contributed by atoms with E-state index in [-0.39, 0.29) is 29.1 Å². The molecule has 2 amide bonds. The number of amides is 2. The minimum Gasteiger partial charge on any atom is -0.437 e. The summed E-state index contributed by atoms with van der Waals surface area (Å²) in [7, 11) is 1.56. The largest absolute Gasteiger partial charge is 0.437 e. The van der Waals surface area contributed by atoms with Crippen LogP contribution < -0.4 is 10.6 Å². The zero-order valence-corrected chi connectivity index (χ0v) is 23.2. The second kappa shape index (κ2) is 11.0. The Morgan fingerprint density at radius 1 is 1.23 bits per heavy atom. The summed E-state index contributed by atoms with van der Waals surface area (Å²) >= 11 is 0. The van der Waals surface area contributed by atoms with Crippen LogP contribution in [0.3, 0.4) is 0 Å². The van der Waals surface area contributed by atoms with Crippen molar-refractivity contribution in [3.63, 3.8) is 0 Å². The maximum atomic E-state index is 13.5. The fourth-order valence-electron chi connectivity index (χ4n) is 5.17. The molecule has 1 atom stereocenters. The van der Waals surface area contributed by atoms with Crippen LogP contribution in [0.2, 0.25) is 0 Å². The molecule has 0 spiro atoms. The van der Waals surface area contributed by atoms with Crippen LogP contribution in [-0.2, 0) is 10.3 Å². The quantitative estimate of drug-likeness (QED) is 0.322. The standard InChI is InChI=1S/C32H33FN4O3/c1-5-21(12-10-20(3)33)28-27(30(39)34-4)25-17-23(18-36-31(25)40-28)24-16-22(11-9-19(24)2)29(38)37-32(13-14-32)26-8-6-7-15-35-26/h6-12,15,17-18,22H,5,13-14,16H2,1-4H3,(H,34,39)(H,37,38). The number of furan rings is 1. The highest BCUT2D eigenvalue weighted by Gasteiger charge is 2.47. The summed E-state index contributed by atoms with van der Waals surface area (Å²) in [5.41, 5.74) is 4.68. The monoisotopic (exact) mass is 540 g/mol. The molecule has 2 N–H and O–H groups in total. The molecule has 8 heteroatoms. The zero-order chi connectivity index (χ0) is 28.4. The number of allylic oxidation sites excluding steroid dienone is 7. The number of aromatic nitrogens is 2. The third kappa shape index (κ3) is 5.26. The number of nitrogens with one attached hydrogen (secondary N) is 2. The lowest BCUT2D eigenvalue weighted by atomic mass is 9.85. The average molecular weight is 541 g/mol. The number of carbonyl (C=O) groups excluding carboxylic acids is 2. The molecule has 1 unspecified atom stereocenters. The Labute approximate surface area is 233 Å². The van der Waals surface area contributed by atoms with Crippen LogP contribution >= 0.6 is 0 Å². The molecule has 1 fully saturated rings. The number of nitrogens with zero attached hydrogens (tertiary/aromatic N) is 2. The lowest BCUT2D eigenvalue weighted by molar-refractivity contribution is -0.124. The van der Waals surface area contributed by atoms with Gasteiger partial charge in [-0.3, -0.25) is 14.6 Å². The number of fused-ring (bicyclic) bond motifs is 1. The molecular formula is C32H33FN4O3. The van der Waals surface area contributed by atoms with Gasteiger partial charge in [0.15, 0.2) is 0 Å². The van der Waals surface area contributed by atoms with Gasteiger partial charge in [0.2, 0.25) is 11.6 Å². The maximum absolute atomic E-state index is 13.5. The molecule has 0 radical (unpaired) electrons. The molecule has 40 heavy (non-hydrogen) atoms. The van der Waals surface area contributed by atoms with E-state index in [9.17, 15) is 14.0 Å². The molecule has 7 nitrogen and oxygen atoms in total. The molecule has 3 aromatic heterocycles. The van der Waals surface area contributed by atoms with Gasteiger partial charge in [0, 0.05) is 19.4 Å². The molecule has 0 saturated heterocycles. The van der Waals surface area contributed by atoms with E-state index in [0.29, 0.717) is 40.8 Å². The van der Waals surface area contributed by atoms with Crippen molar-refractivity contribution in [2.24, 2.45) is 5.92 Å². The molecule has 0 aromatic carbocycles. The van der Waals surface area contributed by atoms with Crippen molar-refractivity contribution in [2.75, 3.05) is 7.05 Å². The van der Waals surface area contributed by atoms with E-state index < -0.39 is 0 Å². The van der Waals surface area contributed by atoms with Gasteiger partial charge in [-0.2, -0.15) is 0 Å². The second-order valence-corrected chi connectivity index (χ2v) is 10.4. The summed E-state index contributed by atoms with van der Waals surface area (Å²) in [5.74, 6) is -0.676. The Morgan fingerprint density at radius 3 is 2.67 bits per heavy atom. The number of carbonyl (C=O) groups is 2. The van der Waals surface area contributed by atoms with Gasteiger partial charge >= 0.3 is 0 Å². The first-order valence-corrected chi connectivity index (χ1v) is 13.6. The van der Waals surface area contributed by atoms with Crippen LogP contribution in [0.4, 0.5) is 4.39 Å². The van der Waals surface area contributed by atoms with Gasteiger partial charge in [-0.1, -0.05) is 31.2 Å². The van der Waals surface area contributed by atoms with E-state index in [0.717, 1.165) is 35.2 Å². The SMILES string of the molecule is CCC(=CC=C(C)F)c1oc2ncc(C3=C(C)C=CC(C(=O)NC4(c5ccccn5)CC4)C3)cc2c1C(=O)NC. The Hall–Kier alpha value is -4.33. The Balaban J connectivity index is 1.47. The molecular weight excluding hydrogens is 507 g/mol. The molecule has 206 valence electrons.